The number of hydrogen-bond donors (Lipinski definition) is 3. The first-order chi connectivity index (χ1) is 6.84. The van der Waals surface area contributed by atoms with Crippen LogP contribution in [-0.2, 0) is 4.79 Å². The van der Waals surface area contributed by atoms with Crippen LogP contribution in [-0.4, -0.2) is 16.4 Å². The molecule has 0 aliphatic rings. The summed E-state index contributed by atoms with van der Waals surface area (Å²) in [4.78, 5) is 15.0. The van der Waals surface area contributed by atoms with Crippen LogP contribution in [0.5, 0.6) is 0 Å². The number of nitrogens with one attached hydrogen (secondary N) is 1. The molecule has 1 amide bonds. The molecule has 5 nitrogen and oxygen atoms in total. The second-order valence-corrected chi connectivity index (χ2v) is 4.55. The Morgan fingerprint density at radius 1 is 1.53 bits per heavy atom. The first-order valence-electron chi connectivity index (χ1n) is 4.31. The molecule has 0 atom stereocenters. The summed E-state index contributed by atoms with van der Waals surface area (Å²) in [6.45, 7) is 3.36. The van der Waals surface area contributed by atoms with Crippen molar-refractivity contribution >= 4 is 33.2 Å². The third-order valence-electron chi connectivity index (χ3n) is 1.98. The van der Waals surface area contributed by atoms with Gasteiger partial charge in [-0.3, -0.25) is 9.78 Å². The minimum absolute atomic E-state index is 0.453. The van der Waals surface area contributed by atoms with Gasteiger partial charge >= 0.3 is 0 Å². The first-order valence-corrected chi connectivity index (χ1v) is 5.11. The standard InChI is InChI=1S/C9H13BrN4O/c1-9(2,8(12)15)14-7-5(10)3-13-4-6(7)11/h3-4H,11H2,1-2H3,(H2,12,15)(H,13,14). The Labute approximate surface area is 96.4 Å². The molecule has 15 heavy (non-hydrogen) atoms. The van der Waals surface area contributed by atoms with E-state index < -0.39 is 11.4 Å². The molecular formula is C9H13BrN4O. The lowest BCUT2D eigenvalue weighted by molar-refractivity contribution is -0.121. The van der Waals surface area contributed by atoms with Crippen LogP contribution in [0.25, 0.3) is 0 Å². The zero-order valence-corrected chi connectivity index (χ0v) is 10.1. The van der Waals surface area contributed by atoms with Crippen LogP contribution in [0.1, 0.15) is 13.8 Å². The molecular weight excluding hydrogens is 260 g/mol. The molecule has 0 aliphatic carbocycles. The second-order valence-electron chi connectivity index (χ2n) is 3.70. The lowest BCUT2D eigenvalue weighted by atomic mass is 10.0. The predicted molar refractivity (Wildman–Crippen MR) is 63.2 cm³/mol. The second kappa shape index (κ2) is 4.06. The molecule has 0 spiro atoms. The van der Waals surface area contributed by atoms with E-state index in [0.29, 0.717) is 15.8 Å². The van der Waals surface area contributed by atoms with Crippen LogP contribution in [0.4, 0.5) is 11.4 Å². The smallest absolute Gasteiger partial charge is 0.242 e. The molecule has 0 unspecified atom stereocenters. The van der Waals surface area contributed by atoms with E-state index in [1.54, 1.807) is 20.0 Å². The zero-order chi connectivity index (χ0) is 11.6. The number of primary amides is 1. The maximum absolute atomic E-state index is 11.1. The normalized spacial score (nSPS) is 11.1. The molecule has 5 N–H and O–H groups in total. The molecule has 0 saturated carbocycles. The van der Waals surface area contributed by atoms with Crippen LogP contribution in [0.2, 0.25) is 0 Å². The van der Waals surface area contributed by atoms with Crippen molar-refractivity contribution in [3.05, 3.63) is 16.9 Å². The Bertz CT molecular complexity index is 371. The largest absolute Gasteiger partial charge is 0.396 e. The number of anilines is 2. The van der Waals surface area contributed by atoms with E-state index in [4.69, 9.17) is 11.5 Å². The van der Waals surface area contributed by atoms with Crippen molar-refractivity contribution in [1.29, 1.82) is 0 Å². The average Bonchev–Trinajstić information content (AvgIpc) is 2.11. The summed E-state index contributed by atoms with van der Waals surface area (Å²) in [7, 11) is 0. The molecule has 1 rings (SSSR count). The van der Waals surface area contributed by atoms with E-state index in [-0.39, 0.29) is 0 Å². The number of rotatable bonds is 3. The van der Waals surface area contributed by atoms with Crippen molar-refractivity contribution in [2.24, 2.45) is 5.73 Å². The van der Waals surface area contributed by atoms with Crippen LogP contribution in [0.15, 0.2) is 16.9 Å². The summed E-state index contributed by atoms with van der Waals surface area (Å²) < 4.78 is 0.692. The monoisotopic (exact) mass is 272 g/mol. The third kappa shape index (κ3) is 2.59. The van der Waals surface area contributed by atoms with E-state index in [1.165, 1.54) is 6.20 Å². The molecule has 0 saturated heterocycles. The Hall–Kier alpha value is -1.30. The summed E-state index contributed by atoms with van der Waals surface area (Å²) in [5.41, 5.74) is 11.2. The quantitative estimate of drug-likeness (QED) is 0.768. The minimum atomic E-state index is -0.863. The number of carbonyl (C=O) groups excluding carboxylic acids is 1. The maximum Gasteiger partial charge on any atom is 0.242 e. The van der Waals surface area contributed by atoms with E-state index in [0.717, 1.165) is 0 Å². The summed E-state index contributed by atoms with van der Waals surface area (Å²) in [6, 6.07) is 0. The van der Waals surface area contributed by atoms with Gasteiger partial charge in [-0.05, 0) is 29.8 Å². The van der Waals surface area contributed by atoms with E-state index in [9.17, 15) is 4.79 Å². The van der Waals surface area contributed by atoms with E-state index >= 15 is 0 Å². The fourth-order valence-corrected chi connectivity index (χ4v) is 1.40. The number of aromatic nitrogens is 1. The van der Waals surface area contributed by atoms with Gasteiger partial charge in [0.25, 0.3) is 0 Å². The molecule has 1 aromatic rings. The Balaban J connectivity index is 3.04. The summed E-state index contributed by atoms with van der Waals surface area (Å²) in [5.74, 6) is -0.453. The highest BCUT2D eigenvalue weighted by molar-refractivity contribution is 9.10. The summed E-state index contributed by atoms with van der Waals surface area (Å²) in [6.07, 6.45) is 3.10. The fraction of sp³-hybridized carbons (Fsp3) is 0.333. The van der Waals surface area contributed by atoms with Gasteiger partial charge in [-0.2, -0.15) is 0 Å². The number of amides is 1. The van der Waals surface area contributed by atoms with Gasteiger partial charge in [0, 0.05) is 6.20 Å². The fourth-order valence-electron chi connectivity index (χ4n) is 0.956. The molecule has 6 heteroatoms. The molecule has 0 aliphatic heterocycles. The number of halogens is 1. The van der Waals surface area contributed by atoms with Crippen molar-refractivity contribution < 1.29 is 4.79 Å². The van der Waals surface area contributed by atoms with Gasteiger partial charge in [0.2, 0.25) is 5.91 Å². The number of carbonyl (C=O) groups is 1. The Morgan fingerprint density at radius 3 is 2.60 bits per heavy atom. The number of pyridine rings is 1. The first kappa shape index (κ1) is 11.8. The Morgan fingerprint density at radius 2 is 2.13 bits per heavy atom. The van der Waals surface area contributed by atoms with Crippen LogP contribution in [0.3, 0.4) is 0 Å². The van der Waals surface area contributed by atoms with Gasteiger partial charge in [-0.1, -0.05) is 0 Å². The van der Waals surface area contributed by atoms with Crippen molar-refractivity contribution in [1.82, 2.24) is 4.98 Å². The van der Waals surface area contributed by atoms with Crippen molar-refractivity contribution in [2.45, 2.75) is 19.4 Å². The van der Waals surface area contributed by atoms with Gasteiger partial charge < -0.3 is 16.8 Å². The molecule has 0 bridgehead atoms. The molecule has 1 aromatic heterocycles. The molecule has 0 radical (unpaired) electrons. The van der Waals surface area contributed by atoms with Crippen LogP contribution < -0.4 is 16.8 Å². The minimum Gasteiger partial charge on any atom is -0.396 e. The van der Waals surface area contributed by atoms with Gasteiger partial charge in [-0.25, -0.2) is 0 Å². The van der Waals surface area contributed by atoms with Crippen molar-refractivity contribution in [3.8, 4) is 0 Å². The van der Waals surface area contributed by atoms with Gasteiger partial charge in [-0.15, -0.1) is 0 Å². The number of hydrogen-bond acceptors (Lipinski definition) is 4. The molecule has 1 heterocycles. The highest BCUT2D eigenvalue weighted by Crippen LogP contribution is 2.29. The van der Waals surface area contributed by atoms with E-state index in [1.807, 2.05) is 0 Å². The molecule has 82 valence electrons. The summed E-state index contributed by atoms with van der Waals surface area (Å²) in [5, 5.41) is 2.97. The van der Waals surface area contributed by atoms with Crippen molar-refractivity contribution in [2.75, 3.05) is 11.1 Å². The number of nitrogen functional groups attached to an aromatic ring is 1. The van der Waals surface area contributed by atoms with Crippen LogP contribution >= 0.6 is 15.9 Å². The van der Waals surface area contributed by atoms with Gasteiger partial charge in [0.05, 0.1) is 22.0 Å². The third-order valence-corrected chi connectivity index (χ3v) is 2.58. The topological polar surface area (TPSA) is 94.0 Å². The summed E-state index contributed by atoms with van der Waals surface area (Å²) >= 11 is 3.29. The Kier molecular flexibility index (Phi) is 3.18. The molecule has 0 aromatic carbocycles. The zero-order valence-electron chi connectivity index (χ0n) is 8.54. The molecule has 0 fully saturated rings. The lowest BCUT2D eigenvalue weighted by Gasteiger charge is -2.25. The van der Waals surface area contributed by atoms with Crippen molar-refractivity contribution in [3.63, 3.8) is 0 Å². The van der Waals surface area contributed by atoms with E-state index in [2.05, 4.69) is 26.2 Å². The number of nitrogens with zero attached hydrogens (tertiary/aromatic N) is 1. The maximum atomic E-state index is 11.1. The predicted octanol–water partition coefficient (Wildman–Crippen LogP) is 1.10. The van der Waals surface area contributed by atoms with Gasteiger partial charge in [0.15, 0.2) is 0 Å². The highest BCUT2D eigenvalue weighted by Gasteiger charge is 2.26. The lowest BCUT2D eigenvalue weighted by Crippen LogP contribution is -2.45. The average molecular weight is 273 g/mol. The SMILES string of the molecule is CC(C)(Nc1c(N)cncc1Br)C(N)=O. The van der Waals surface area contributed by atoms with Crippen LogP contribution in [0, 0.1) is 0 Å². The number of nitrogens with two attached hydrogens (primary N) is 2. The van der Waals surface area contributed by atoms with Gasteiger partial charge in [0.1, 0.15) is 5.54 Å². The highest BCUT2D eigenvalue weighted by atomic mass is 79.9.